The van der Waals surface area contributed by atoms with E-state index < -0.39 is 18.6 Å². The molecule has 1 aromatic rings. The largest absolute Gasteiger partial charge is 0.405 e. The van der Waals surface area contributed by atoms with E-state index in [1.54, 1.807) is 6.07 Å². The summed E-state index contributed by atoms with van der Waals surface area (Å²) in [7, 11) is 0. The molecule has 1 aromatic heterocycles. The molecule has 0 saturated heterocycles. The molecule has 7 heteroatoms. The molecule has 0 aromatic carbocycles. The molecule has 2 rings (SSSR count). The second-order valence-electron chi connectivity index (χ2n) is 3.39. The predicted molar refractivity (Wildman–Crippen MR) is 51.1 cm³/mol. The fraction of sp³-hybridized carbons (Fsp3) is 0.333. The zero-order valence-electron chi connectivity index (χ0n) is 8.08. The molecule has 86 valence electrons. The number of rotatable bonds is 1. The summed E-state index contributed by atoms with van der Waals surface area (Å²) in [6, 6.07) is 3.07. The maximum Gasteiger partial charge on any atom is 0.405 e. The highest BCUT2D eigenvalue weighted by atomic mass is 19.4. The van der Waals surface area contributed by atoms with Crippen LogP contribution in [0.25, 0.3) is 0 Å². The number of carbonyl (C=O) groups excluding carboxylic acids is 1. The second kappa shape index (κ2) is 3.66. The van der Waals surface area contributed by atoms with Crippen LogP contribution < -0.4 is 10.2 Å². The van der Waals surface area contributed by atoms with E-state index in [-0.39, 0.29) is 12.4 Å². The average Bonchev–Trinajstić information content (AvgIpc) is 2.14. The Morgan fingerprint density at radius 3 is 2.94 bits per heavy atom. The van der Waals surface area contributed by atoms with Crippen molar-refractivity contribution in [1.82, 2.24) is 4.98 Å². The lowest BCUT2D eigenvalue weighted by atomic mass is 10.2. The van der Waals surface area contributed by atoms with Gasteiger partial charge in [0.05, 0.1) is 12.2 Å². The molecule has 0 unspecified atom stereocenters. The molecule has 0 aliphatic carbocycles. The van der Waals surface area contributed by atoms with Gasteiger partial charge in [-0.2, -0.15) is 13.2 Å². The monoisotopic (exact) mass is 231 g/mol. The number of carbonyl (C=O) groups is 1. The minimum Gasteiger partial charge on any atom is -0.336 e. The number of pyridine rings is 1. The Bertz CT molecular complexity index is 419. The minimum atomic E-state index is -4.35. The van der Waals surface area contributed by atoms with Gasteiger partial charge in [-0.1, -0.05) is 0 Å². The number of halogens is 3. The summed E-state index contributed by atoms with van der Waals surface area (Å²) in [5.74, 6) is -0.316. The number of hydrogen-bond acceptors (Lipinski definition) is 3. The number of fused-ring (bicyclic) bond motifs is 1. The van der Waals surface area contributed by atoms with Gasteiger partial charge in [0.25, 0.3) is 0 Å². The van der Waals surface area contributed by atoms with Gasteiger partial charge in [-0.15, -0.1) is 0 Å². The van der Waals surface area contributed by atoms with Crippen LogP contribution in [0.2, 0.25) is 0 Å². The van der Waals surface area contributed by atoms with Crippen LogP contribution in [-0.2, 0) is 4.79 Å². The van der Waals surface area contributed by atoms with E-state index in [9.17, 15) is 18.0 Å². The highest BCUT2D eigenvalue weighted by Gasteiger charge is 2.34. The van der Waals surface area contributed by atoms with Crippen LogP contribution in [0.5, 0.6) is 0 Å². The summed E-state index contributed by atoms with van der Waals surface area (Å²) < 4.78 is 36.8. The Morgan fingerprint density at radius 1 is 1.50 bits per heavy atom. The lowest BCUT2D eigenvalue weighted by Crippen LogP contribution is -2.43. The first-order valence-corrected chi connectivity index (χ1v) is 4.52. The Kier molecular flexibility index (Phi) is 2.45. The van der Waals surface area contributed by atoms with Crippen molar-refractivity contribution in [3.8, 4) is 0 Å². The van der Waals surface area contributed by atoms with Gasteiger partial charge in [0.2, 0.25) is 5.91 Å². The van der Waals surface area contributed by atoms with E-state index in [4.69, 9.17) is 0 Å². The smallest absolute Gasteiger partial charge is 0.336 e. The van der Waals surface area contributed by atoms with Crippen molar-refractivity contribution >= 4 is 17.4 Å². The molecule has 16 heavy (non-hydrogen) atoms. The molecular weight excluding hydrogens is 223 g/mol. The summed E-state index contributed by atoms with van der Waals surface area (Å²) in [5, 5.41) is 2.47. The first-order valence-electron chi connectivity index (χ1n) is 4.52. The van der Waals surface area contributed by atoms with Gasteiger partial charge in [0.1, 0.15) is 6.54 Å². The maximum absolute atomic E-state index is 12.3. The SMILES string of the molecule is O=C1CN(CC(F)(F)F)c2ncccc2N1. The molecule has 1 N–H and O–H groups in total. The van der Waals surface area contributed by atoms with Gasteiger partial charge in [0.15, 0.2) is 5.82 Å². The number of anilines is 2. The number of hydrogen-bond donors (Lipinski definition) is 1. The summed E-state index contributed by atoms with van der Waals surface area (Å²) in [5.41, 5.74) is 0.308. The molecule has 0 bridgehead atoms. The quantitative estimate of drug-likeness (QED) is 0.794. The van der Waals surface area contributed by atoms with Gasteiger partial charge >= 0.3 is 6.18 Å². The normalized spacial score (nSPS) is 15.7. The summed E-state index contributed by atoms with van der Waals surface area (Å²) >= 11 is 0. The van der Waals surface area contributed by atoms with Gasteiger partial charge in [-0.25, -0.2) is 4.98 Å². The molecular formula is C9H8F3N3O. The zero-order chi connectivity index (χ0) is 11.8. The van der Waals surface area contributed by atoms with Gasteiger partial charge < -0.3 is 10.2 Å². The van der Waals surface area contributed by atoms with Crippen LogP contribution in [0.3, 0.4) is 0 Å². The third-order valence-electron chi connectivity index (χ3n) is 2.06. The van der Waals surface area contributed by atoms with Crippen molar-refractivity contribution in [2.24, 2.45) is 0 Å². The van der Waals surface area contributed by atoms with Crippen LogP contribution in [0.15, 0.2) is 18.3 Å². The number of nitrogens with one attached hydrogen (secondary N) is 1. The molecule has 1 aliphatic rings. The molecule has 0 atom stereocenters. The van der Waals surface area contributed by atoms with Crippen molar-refractivity contribution in [2.75, 3.05) is 23.3 Å². The van der Waals surface area contributed by atoms with Gasteiger partial charge in [-0.3, -0.25) is 4.79 Å². The molecule has 4 nitrogen and oxygen atoms in total. The molecule has 1 amide bonds. The van der Waals surface area contributed by atoms with Gasteiger partial charge in [-0.05, 0) is 12.1 Å². The molecule has 0 spiro atoms. The van der Waals surface area contributed by atoms with Crippen LogP contribution in [0.4, 0.5) is 24.7 Å². The number of alkyl halides is 3. The zero-order valence-corrected chi connectivity index (χ0v) is 8.08. The molecule has 1 aliphatic heterocycles. The Hall–Kier alpha value is -1.79. The maximum atomic E-state index is 12.3. The first-order chi connectivity index (χ1) is 7.46. The predicted octanol–water partition coefficient (Wildman–Crippen LogP) is 1.40. The Morgan fingerprint density at radius 2 is 2.25 bits per heavy atom. The van der Waals surface area contributed by atoms with E-state index in [1.807, 2.05) is 0 Å². The number of nitrogens with zero attached hydrogens (tertiary/aromatic N) is 2. The van der Waals surface area contributed by atoms with Crippen LogP contribution in [0.1, 0.15) is 0 Å². The van der Waals surface area contributed by atoms with E-state index in [2.05, 4.69) is 10.3 Å². The third-order valence-corrected chi connectivity index (χ3v) is 2.06. The van der Waals surface area contributed by atoms with E-state index in [1.165, 1.54) is 12.3 Å². The molecule has 0 fully saturated rings. The standard InChI is InChI=1S/C9H8F3N3O/c10-9(11,12)5-15-4-7(16)14-6-2-1-3-13-8(6)15/h1-3H,4-5H2,(H,14,16). The third kappa shape index (κ3) is 2.23. The Labute approximate surface area is 89.1 Å². The highest BCUT2D eigenvalue weighted by Crippen LogP contribution is 2.29. The van der Waals surface area contributed by atoms with E-state index >= 15 is 0 Å². The first kappa shape index (κ1) is 10.7. The van der Waals surface area contributed by atoms with Crippen molar-refractivity contribution in [1.29, 1.82) is 0 Å². The number of amides is 1. The molecule has 0 radical (unpaired) electrons. The van der Waals surface area contributed by atoms with Crippen LogP contribution in [0, 0.1) is 0 Å². The summed E-state index contributed by atoms with van der Waals surface area (Å²) in [4.78, 5) is 15.9. The average molecular weight is 231 g/mol. The van der Waals surface area contributed by atoms with Crippen molar-refractivity contribution < 1.29 is 18.0 Å². The second-order valence-corrected chi connectivity index (χ2v) is 3.39. The fourth-order valence-electron chi connectivity index (χ4n) is 1.53. The van der Waals surface area contributed by atoms with Crippen LogP contribution in [-0.4, -0.2) is 30.2 Å². The minimum absolute atomic E-state index is 0.152. The molecule has 2 heterocycles. The van der Waals surface area contributed by atoms with Crippen molar-refractivity contribution in [2.45, 2.75) is 6.18 Å². The topological polar surface area (TPSA) is 45.2 Å². The van der Waals surface area contributed by atoms with Gasteiger partial charge in [0, 0.05) is 6.20 Å². The lowest BCUT2D eigenvalue weighted by Gasteiger charge is -2.29. The summed E-state index contributed by atoms with van der Waals surface area (Å²) in [6.07, 6.45) is -2.97. The fourth-order valence-corrected chi connectivity index (χ4v) is 1.53. The van der Waals surface area contributed by atoms with E-state index in [0.29, 0.717) is 5.69 Å². The summed E-state index contributed by atoms with van der Waals surface area (Å²) in [6.45, 7) is -1.51. The van der Waals surface area contributed by atoms with E-state index in [0.717, 1.165) is 4.90 Å². The lowest BCUT2D eigenvalue weighted by molar-refractivity contribution is -0.122. The van der Waals surface area contributed by atoms with Crippen LogP contribution >= 0.6 is 0 Å². The van der Waals surface area contributed by atoms with Crippen molar-refractivity contribution in [3.05, 3.63) is 18.3 Å². The van der Waals surface area contributed by atoms with Crippen molar-refractivity contribution in [3.63, 3.8) is 0 Å². The molecule has 0 saturated carbocycles. The highest BCUT2D eigenvalue weighted by molar-refractivity contribution is 6.00. The number of aromatic nitrogens is 1. The Balaban J connectivity index is 2.30.